The SMILES string of the molecule is CCC1CN(C(C)C(N)=O)CCC1CN. The van der Waals surface area contributed by atoms with Crippen LogP contribution < -0.4 is 11.5 Å². The van der Waals surface area contributed by atoms with Crippen molar-refractivity contribution in [2.75, 3.05) is 19.6 Å². The third kappa shape index (κ3) is 2.92. The van der Waals surface area contributed by atoms with Gasteiger partial charge in [0.05, 0.1) is 6.04 Å². The van der Waals surface area contributed by atoms with Gasteiger partial charge in [-0.15, -0.1) is 0 Å². The fraction of sp³-hybridized carbons (Fsp3) is 0.909. The quantitative estimate of drug-likeness (QED) is 0.699. The monoisotopic (exact) mass is 213 g/mol. The van der Waals surface area contributed by atoms with Crippen LogP contribution in [0.2, 0.25) is 0 Å². The number of nitrogens with two attached hydrogens (primary N) is 2. The van der Waals surface area contributed by atoms with Gasteiger partial charge in [0.25, 0.3) is 0 Å². The van der Waals surface area contributed by atoms with Crippen molar-refractivity contribution in [2.24, 2.45) is 23.3 Å². The van der Waals surface area contributed by atoms with E-state index in [4.69, 9.17) is 11.5 Å². The van der Waals surface area contributed by atoms with Crippen molar-refractivity contribution in [3.8, 4) is 0 Å². The number of rotatable bonds is 4. The molecule has 1 saturated heterocycles. The molecule has 1 aliphatic heterocycles. The molecule has 0 radical (unpaired) electrons. The van der Waals surface area contributed by atoms with E-state index in [1.807, 2.05) is 6.92 Å². The van der Waals surface area contributed by atoms with E-state index in [0.717, 1.165) is 32.5 Å². The Balaban J connectivity index is 2.56. The molecular formula is C11H23N3O. The van der Waals surface area contributed by atoms with Crippen molar-refractivity contribution in [1.82, 2.24) is 4.90 Å². The summed E-state index contributed by atoms with van der Waals surface area (Å²) in [6, 6.07) is -0.141. The summed E-state index contributed by atoms with van der Waals surface area (Å²) in [5.41, 5.74) is 11.1. The van der Waals surface area contributed by atoms with Gasteiger partial charge in [-0.1, -0.05) is 13.3 Å². The highest BCUT2D eigenvalue weighted by Crippen LogP contribution is 2.26. The third-order valence-electron chi connectivity index (χ3n) is 3.71. The van der Waals surface area contributed by atoms with Crippen molar-refractivity contribution in [1.29, 1.82) is 0 Å². The van der Waals surface area contributed by atoms with Gasteiger partial charge in [-0.3, -0.25) is 9.69 Å². The molecule has 0 spiro atoms. The second-order valence-electron chi connectivity index (χ2n) is 4.53. The molecule has 1 amide bonds. The Morgan fingerprint density at radius 3 is 2.67 bits per heavy atom. The minimum atomic E-state index is -0.226. The molecule has 0 aromatic heterocycles. The number of nitrogens with zero attached hydrogens (tertiary/aromatic N) is 1. The van der Waals surface area contributed by atoms with E-state index in [1.165, 1.54) is 0 Å². The van der Waals surface area contributed by atoms with Gasteiger partial charge in [-0.05, 0) is 38.3 Å². The van der Waals surface area contributed by atoms with E-state index in [9.17, 15) is 4.79 Å². The molecule has 88 valence electrons. The number of primary amides is 1. The molecule has 3 atom stereocenters. The Hall–Kier alpha value is -0.610. The molecule has 1 aliphatic rings. The highest BCUT2D eigenvalue weighted by Gasteiger charge is 2.30. The Labute approximate surface area is 92.0 Å². The van der Waals surface area contributed by atoms with Gasteiger partial charge < -0.3 is 11.5 Å². The molecule has 3 unspecified atom stereocenters. The Morgan fingerprint density at radius 1 is 1.53 bits per heavy atom. The number of hydrogen-bond acceptors (Lipinski definition) is 3. The van der Waals surface area contributed by atoms with Gasteiger partial charge in [0.1, 0.15) is 0 Å². The lowest BCUT2D eigenvalue weighted by molar-refractivity contribution is -0.123. The van der Waals surface area contributed by atoms with Crippen molar-refractivity contribution in [2.45, 2.75) is 32.7 Å². The van der Waals surface area contributed by atoms with Gasteiger partial charge in [-0.25, -0.2) is 0 Å². The lowest BCUT2D eigenvalue weighted by Crippen LogP contribution is -2.50. The molecule has 4 heteroatoms. The fourth-order valence-electron chi connectivity index (χ4n) is 2.41. The van der Waals surface area contributed by atoms with E-state index in [-0.39, 0.29) is 11.9 Å². The normalized spacial score (nSPS) is 30.1. The highest BCUT2D eigenvalue weighted by molar-refractivity contribution is 5.79. The van der Waals surface area contributed by atoms with Crippen molar-refractivity contribution < 1.29 is 4.79 Å². The lowest BCUT2D eigenvalue weighted by Gasteiger charge is -2.39. The summed E-state index contributed by atoms with van der Waals surface area (Å²) in [6.07, 6.45) is 2.22. The Bertz CT molecular complexity index is 220. The smallest absolute Gasteiger partial charge is 0.234 e. The largest absolute Gasteiger partial charge is 0.368 e. The molecule has 0 aromatic carbocycles. The number of amides is 1. The number of likely N-dealkylation sites (tertiary alicyclic amines) is 1. The molecule has 0 aliphatic carbocycles. The van der Waals surface area contributed by atoms with E-state index in [2.05, 4.69) is 11.8 Å². The fourth-order valence-corrected chi connectivity index (χ4v) is 2.41. The minimum Gasteiger partial charge on any atom is -0.368 e. The average molecular weight is 213 g/mol. The first kappa shape index (κ1) is 12.5. The Kier molecular flexibility index (Phi) is 4.54. The highest BCUT2D eigenvalue weighted by atomic mass is 16.1. The van der Waals surface area contributed by atoms with Crippen LogP contribution in [0.3, 0.4) is 0 Å². The lowest BCUT2D eigenvalue weighted by atomic mass is 9.83. The number of carbonyl (C=O) groups is 1. The summed E-state index contributed by atoms with van der Waals surface area (Å²) in [4.78, 5) is 13.3. The first-order chi connectivity index (χ1) is 7.10. The topological polar surface area (TPSA) is 72.3 Å². The molecule has 1 rings (SSSR count). The zero-order valence-electron chi connectivity index (χ0n) is 9.78. The van der Waals surface area contributed by atoms with E-state index < -0.39 is 0 Å². The minimum absolute atomic E-state index is 0.141. The van der Waals surface area contributed by atoms with Crippen molar-refractivity contribution in [3.63, 3.8) is 0 Å². The molecular weight excluding hydrogens is 190 g/mol. The number of carbonyl (C=O) groups excluding carboxylic acids is 1. The van der Waals surface area contributed by atoms with Crippen LogP contribution in [0.1, 0.15) is 26.7 Å². The average Bonchev–Trinajstić information content (AvgIpc) is 2.26. The summed E-state index contributed by atoms with van der Waals surface area (Å²) in [5.74, 6) is 1.01. The number of hydrogen-bond donors (Lipinski definition) is 2. The number of piperidine rings is 1. The van der Waals surface area contributed by atoms with Crippen LogP contribution in [0.25, 0.3) is 0 Å². The van der Waals surface area contributed by atoms with Crippen LogP contribution in [0.5, 0.6) is 0 Å². The molecule has 4 N–H and O–H groups in total. The van der Waals surface area contributed by atoms with Crippen molar-refractivity contribution >= 4 is 5.91 Å². The summed E-state index contributed by atoms with van der Waals surface area (Å²) in [5, 5.41) is 0. The molecule has 0 bridgehead atoms. The molecule has 15 heavy (non-hydrogen) atoms. The van der Waals surface area contributed by atoms with Gasteiger partial charge >= 0.3 is 0 Å². The second-order valence-corrected chi connectivity index (χ2v) is 4.53. The van der Waals surface area contributed by atoms with E-state index >= 15 is 0 Å². The maximum absolute atomic E-state index is 11.1. The van der Waals surface area contributed by atoms with E-state index in [1.54, 1.807) is 0 Å². The molecule has 1 fully saturated rings. The van der Waals surface area contributed by atoms with Gasteiger partial charge in [0.2, 0.25) is 5.91 Å². The van der Waals surface area contributed by atoms with Crippen LogP contribution in [-0.4, -0.2) is 36.5 Å². The molecule has 4 nitrogen and oxygen atoms in total. The van der Waals surface area contributed by atoms with Gasteiger partial charge in [0.15, 0.2) is 0 Å². The predicted octanol–water partition coefficient (Wildman–Crippen LogP) is 0.167. The van der Waals surface area contributed by atoms with Gasteiger partial charge in [-0.2, -0.15) is 0 Å². The van der Waals surface area contributed by atoms with E-state index in [0.29, 0.717) is 11.8 Å². The third-order valence-corrected chi connectivity index (χ3v) is 3.71. The summed E-state index contributed by atoms with van der Waals surface area (Å²) in [7, 11) is 0. The first-order valence-corrected chi connectivity index (χ1v) is 5.83. The predicted molar refractivity (Wildman–Crippen MR) is 61.2 cm³/mol. The van der Waals surface area contributed by atoms with Crippen LogP contribution >= 0.6 is 0 Å². The summed E-state index contributed by atoms with van der Waals surface area (Å²) in [6.45, 7) is 6.74. The summed E-state index contributed by atoms with van der Waals surface area (Å²) >= 11 is 0. The standard InChI is InChI=1S/C11H23N3O/c1-3-9-7-14(8(2)11(13)15)5-4-10(9)6-12/h8-10H,3-7,12H2,1-2H3,(H2,13,15). The summed E-state index contributed by atoms with van der Waals surface area (Å²) < 4.78 is 0. The zero-order chi connectivity index (χ0) is 11.4. The first-order valence-electron chi connectivity index (χ1n) is 5.83. The van der Waals surface area contributed by atoms with Crippen molar-refractivity contribution in [3.05, 3.63) is 0 Å². The molecule has 0 aromatic rings. The van der Waals surface area contributed by atoms with Crippen LogP contribution in [-0.2, 0) is 4.79 Å². The molecule has 1 heterocycles. The van der Waals surface area contributed by atoms with Crippen LogP contribution in [0.4, 0.5) is 0 Å². The van der Waals surface area contributed by atoms with Crippen LogP contribution in [0, 0.1) is 11.8 Å². The Morgan fingerprint density at radius 2 is 2.20 bits per heavy atom. The zero-order valence-corrected chi connectivity index (χ0v) is 9.78. The second kappa shape index (κ2) is 5.47. The maximum atomic E-state index is 11.1. The maximum Gasteiger partial charge on any atom is 0.234 e. The molecule has 0 saturated carbocycles. The van der Waals surface area contributed by atoms with Gasteiger partial charge in [0, 0.05) is 6.54 Å². The van der Waals surface area contributed by atoms with Crippen LogP contribution in [0.15, 0.2) is 0 Å².